The van der Waals surface area contributed by atoms with Gasteiger partial charge in [-0.3, -0.25) is 4.79 Å². The fourth-order valence-electron chi connectivity index (χ4n) is 3.03. The van der Waals surface area contributed by atoms with Crippen molar-refractivity contribution < 1.29 is 24.1 Å². The Hall–Kier alpha value is -2.93. The minimum atomic E-state index is -0.203. The highest BCUT2D eigenvalue weighted by atomic mass is 16.5. The van der Waals surface area contributed by atoms with Gasteiger partial charge >= 0.3 is 0 Å². The number of hydrogen-bond donors (Lipinski definition) is 2. The third-order valence-electron chi connectivity index (χ3n) is 4.50. The summed E-state index contributed by atoms with van der Waals surface area (Å²) in [5.41, 5.74) is 2.18. The summed E-state index contributed by atoms with van der Waals surface area (Å²) in [7, 11) is 3.07. The molecule has 1 amide bonds. The molecule has 0 aromatic heterocycles. The van der Waals surface area contributed by atoms with E-state index < -0.39 is 0 Å². The number of hydrogen-bond acceptors (Lipinski definition) is 6. The zero-order valence-electron chi connectivity index (χ0n) is 15.5. The average molecular weight is 372 g/mol. The van der Waals surface area contributed by atoms with Crippen LogP contribution in [0.3, 0.4) is 0 Å². The van der Waals surface area contributed by atoms with Crippen molar-refractivity contribution in [2.45, 2.75) is 6.54 Å². The Morgan fingerprint density at radius 3 is 2.59 bits per heavy atom. The quantitative estimate of drug-likeness (QED) is 0.809. The van der Waals surface area contributed by atoms with E-state index in [1.54, 1.807) is 31.4 Å². The number of phenols is 1. The van der Waals surface area contributed by atoms with Crippen LogP contribution in [0.2, 0.25) is 0 Å². The van der Waals surface area contributed by atoms with Crippen molar-refractivity contribution in [1.29, 1.82) is 0 Å². The molecule has 2 N–H and O–H groups in total. The molecule has 0 bridgehead atoms. The largest absolute Gasteiger partial charge is 0.504 e. The molecule has 7 heteroatoms. The molecule has 7 nitrogen and oxygen atoms in total. The van der Waals surface area contributed by atoms with Crippen molar-refractivity contribution in [3.8, 4) is 17.2 Å². The number of anilines is 1. The van der Waals surface area contributed by atoms with E-state index in [4.69, 9.17) is 14.2 Å². The first-order valence-electron chi connectivity index (χ1n) is 8.77. The predicted molar refractivity (Wildman–Crippen MR) is 102 cm³/mol. The number of carbonyl (C=O) groups is 1. The molecule has 144 valence electrons. The molecule has 1 aliphatic heterocycles. The van der Waals surface area contributed by atoms with Gasteiger partial charge in [-0.25, -0.2) is 0 Å². The number of morpholine rings is 1. The fraction of sp³-hybridized carbons (Fsp3) is 0.350. The zero-order chi connectivity index (χ0) is 19.2. The maximum absolute atomic E-state index is 12.8. The molecule has 0 radical (unpaired) electrons. The molecule has 0 spiro atoms. The van der Waals surface area contributed by atoms with Gasteiger partial charge < -0.3 is 29.5 Å². The number of ether oxygens (including phenoxy) is 3. The fourth-order valence-corrected chi connectivity index (χ4v) is 3.03. The lowest BCUT2D eigenvalue weighted by Gasteiger charge is -2.30. The smallest absolute Gasteiger partial charge is 0.253 e. The summed E-state index contributed by atoms with van der Waals surface area (Å²) in [6.07, 6.45) is 0. The van der Waals surface area contributed by atoms with E-state index in [0.29, 0.717) is 30.3 Å². The van der Waals surface area contributed by atoms with Crippen LogP contribution in [0.15, 0.2) is 36.4 Å². The predicted octanol–water partition coefficient (Wildman–Crippen LogP) is 2.18. The van der Waals surface area contributed by atoms with Crippen LogP contribution in [-0.4, -0.2) is 51.5 Å². The number of amides is 1. The van der Waals surface area contributed by atoms with E-state index in [-0.39, 0.29) is 18.2 Å². The summed E-state index contributed by atoms with van der Waals surface area (Å²) in [6, 6.07) is 10.5. The highest BCUT2D eigenvalue weighted by Gasteiger charge is 2.19. The second kappa shape index (κ2) is 8.64. The van der Waals surface area contributed by atoms with Gasteiger partial charge in [0, 0.05) is 25.3 Å². The first kappa shape index (κ1) is 18.8. The van der Waals surface area contributed by atoms with E-state index >= 15 is 0 Å². The van der Waals surface area contributed by atoms with Gasteiger partial charge in [-0.1, -0.05) is 6.07 Å². The summed E-state index contributed by atoms with van der Waals surface area (Å²) in [5.74, 6) is 0.858. The first-order chi connectivity index (χ1) is 13.1. The second-order valence-corrected chi connectivity index (χ2v) is 6.17. The topological polar surface area (TPSA) is 80.3 Å². The van der Waals surface area contributed by atoms with E-state index in [1.165, 1.54) is 7.11 Å². The lowest BCUT2D eigenvalue weighted by molar-refractivity contribution is 0.0949. The lowest BCUT2D eigenvalue weighted by Crippen LogP contribution is -2.37. The first-order valence-corrected chi connectivity index (χ1v) is 8.77. The van der Waals surface area contributed by atoms with Crippen molar-refractivity contribution in [2.24, 2.45) is 0 Å². The molecular formula is C20H24N2O5. The molecular weight excluding hydrogens is 348 g/mol. The lowest BCUT2D eigenvalue weighted by atomic mass is 10.1. The summed E-state index contributed by atoms with van der Waals surface area (Å²) in [6.45, 7) is 3.03. The zero-order valence-corrected chi connectivity index (χ0v) is 15.5. The standard InChI is InChI=1S/C20H24N2O5/c1-25-15-4-5-17(22-7-9-27-10-8-22)16(12-15)20(24)21-13-14-3-6-19(26-2)18(23)11-14/h3-6,11-12,23H,7-10,13H2,1-2H3,(H,21,24). The molecule has 0 unspecified atom stereocenters. The highest BCUT2D eigenvalue weighted by Crippen LogP contribution is 2.28. The van der Waals surface area contributed by atoms with Crippen LogP contribution in [0.4, 0.5) is 5.69 Å². The van der Waals surface area contributed by atoms with Crippen molar-refractivity contribution >= 4 is 11.6 Å². The van der Waals surface area contributed by atoms with Gasteiger partial charge in [0.25, 0.3) is 5.91 Å². The average Bonchev–Trinajstić information content (AvgIpc) is 2.72. The van der Waals surface area contributed by atoms with Crippen LogP contribution in [0.1, 0.15) is 15.9 Å². The summed E-state index contributed by atoms with van der Waals surface area (Å²) >= 11 is 0. The van der Waals surface area contributed by atoms with Crippen LogP contribution in [0, 0.1) is 0 Å². The Morgan fingerprint density at radius 1 is 1.15 bits per heavy atom. The van der Waals surface area contributed by atoms with Gasteiger partial charge in [-0.15, -0.1) is 0 Å². The molecule has 1 fully saturated rings. The Balaban J connectivity index is 1.77. The number of nitrogens with zero attached hydrogens (tertiary/aromatic N) is 1. The van der Waals surface area contributed by atoms with Crippen LogP contribution in [0.5, 0.6) is 17.2 Å². The minimum Gasteiger partial charge on any atom is -0.504 e. The van der Waals surface area contributed by atoms with Gasteiger partial charge in [0.2, 0.25) is 0 Å². The van der Waals surface area contributed by atoms with E-state index in [1.807, 2.05) is 12.1 Å². The van der Waals surface area contributed by atoms with Crippen LogP contribution < -0.4 is 19.7 Å². The molecule has 1 aliphatic rings. The number of rotatable bonds is 6. The molecule has 2 aromatic rings. The Morgan fingerprint density at radius 2 is 1.93 bits per heavy atom. The molecule has 1 heterocycles. The number of methoxy groups -OCH3 is 2. The second-order valence-electron chi connectivity index (χ2n) is 6.17. The van der Waals surface area contributed by atoms with Crippen LogP contribution in [-0.2, 0) is 11.3 Å². The third kappa shape index (κ3) is 4.43. The monoisotopic (exact) mass is 372 g/mol. The van der Waals surface area contributed by atoms with Gasteiger partial charge in [-0.05, 0) is 35.9 Å². The number of benzene rings is 2. The molecule has 0 atom stereocenters. The SMILES string of the molecule is COc1ccc(N2CCOCC2)c(C(=O)NCc2ccc(OC)c(O)c2)c1. The van der Waals surface area contributed by atoms with Gasteiger partial charge in [-0.2, -0.15) is 0 Å². The van der Waals surface area contributed by atoms with E-state index in [9.17, 15) is 9.90 Å². The number of phenolic OH excluding ortho intramolecular Hbond substituents is 1. The van der Waals surface area contributed by atoms with Gasteiger partial charge in [0.1, 0.15) is 5.75 Å². The normalized spacial score (nSPS) is 13.9. The molecule has 1 saturated heterocycles. The van der Waals surface area contributed by atoms with Crippen molar-refractivity contribution in [1.82, 2.24) is 5.32 Å². The highest BCUT2D eigenvalue weighted by molar-refractivity contribution is 6.00. The summed E-state index contributed by atoms with van der Waals surface area (Å²) < 4.78 is 15.7. The molecule has 2 aromatic carbocycles. The Kier molecular flexibility index (Phi) is 6.03. The summed E-state index contributed by atoms with van der Waals surface area (Å²) in [4.78, 5) is 15.0. The Labute approximate surface area is 158 Å². The van der Waals surface area contributed by atoms with E-state index in [0.717, 1.165) is 24.3 Å². The molecule has 0 saturated carbocycles. The third-order valence-corrected chi connectivity index (χ3v) is 4.50. The maximum atomic E-state index is 12.8. The maximum Gasteiger partial charge on any atom is 0.253 e. The molecule has 0 aliphatic carbocycles. The number of aromatic hydroxyl groups is 1. The molecule has 3 rings (SSSR count). The van der Waals surface area contributed by atoms with E-state index in [2.05, 4.69) is 10.2 Å². The van der Waals surface area contributed by atoms with Gasteiger partial charge in [0.05, 0.1) is 33.0 Å². The van der Waals surface area contributed by atoms with Crippen molar-refractivity contribution in [3.05, 3.63) is 47.5 Å². The molecule has 27 heavy (non-hydrogen) atoms. The minimum absolute atomic E-state index is 0.0413. The number of carbonyl (C=O) groups excluding carboxylic acids is 1. The van der Waals surface area contributed by atoms with Crippen LogP contribution >= 0.6 is 0 Å². The van der Waals surface area contributed by atoms with Gasteiger partial charge in [0.15, 0.2) is 11.5 Å². The van der Waals surface area contributed by atoms with Crippen molar-refractivity contribution in [2.75, 3.05) is 45.4 Å². The number of nitrogens with one attached hydrogen (secondary N) is 1. The Bertz CT molecular complexity index is 803. The van der Waals surface area contributed by atoms with Crippen molar-refractivity contribution in [3.63, 3.8) is 0 Å². The van der Waals surface area contributed by atoms with Crippen LogP contribution in [0.25, 0.3) is 0 Å². The summed E-state index contributed by atoms with van der Waals surface area (Å²) in [5, 5.41) is 12.8.